The fourth-order valence-electron chi connectivity index (χ4n) is 4.25. The van der Waals surface area contributed by atoms with E-state index in [1.165, 1.54) is 12.0 Å². The average Bonchev–Trinajstić information content (AvgIpc) is 2.99. The van der Waals surface area contributed by atoms with Gasteiger partial charge in [-0.2, -0.15) is 0 Å². The number of methoxy groups -OCH3 is 3. The van der Waals surface area contributed by atoms with Gasteiger partial charge in [0.15, 0.2) is 11.5 Å². The van der Waals surface area contributed by atoms with E-state index in [1.807, 2.05) is 12.1 Å². The standard InChI is InChI=1S/C23H30O4/c1-25-20-14-19(15-21(26-2)23(20)27-3)22(24)18-11-7-10-17(12-13-18)16-8-5-4-6-9-16/h4-6,8-9,14-15,17-18,22,24H,7,10-13H2,1-3H3. The molecule has 0 amide bonds. The molecule has 2 aromatic carbocycles. The van der Waals surface area contributed by atoms with Gasteiger partial charge in [0.05, 0.1) is 27.4 Å². The monoisotopic (exact) mass is 370 g/mol. The van der Waals surface area contributed by atoms with Crippen LogP contribution in [0.3, 0.4) is 0 Å². The molecule has 1 saturated carbocycles. The van der Waals surface area contributed by atoms with Gasteiger partial charge in [-0.15, -0.1) is 0 Å². The number of ether oxygens (including phenoxy) is 3. The van der Waals surface area contributed by atoms with Crippen molar-refractivity contribution in [2.24, 2.45) is 5.92 Å². The molecule has 0 aliphatic heterocycles. The van der Waals surface area contributed by atoms with Crippen molar-refractivity contribution >= 4 is 0 Å². The Morgan fingerprint density at radius 1 is 0.852 bits per heavy atom. The van der Waals surface area contributed by atoms with Crippen molar-refractivity contribution in [2.45, 2.75) is 44.1 Å². The van der Waals surface area contributed by atoms with E-state index in [2.05, 4.69) is 30.3 Å². The molecule has 4 nitrogen and oxygen atoms in total. The van der Waals surface area contributed by atoms with Crippen LogP contribution in [0.2, 0.25) is 0 Å². The van der Waals surface area contributed by atoms with Crippen LogP contribution in [0.4, 0.5) is 0 Å². The van der Waals surface area contributed by atoms with Crippen LogP contribution in [0, 0.1) is 5.92 Å². The normalized spacial score (nSPS) is 21.2. The number of benzene rings is 2. The lowest BCUT2D eigenvalue weighted by atomic mass is 9.87. The summed E-state index contributed by atoms with van der Waals surface area (Å²) in [5, 5.41) is 11.1. The number of aliphatic hydroxyl groups is 1. The largest absolute Gasteiger partial charge is 0.493 e. The predicted octanol–water partition coefficient (Wildman–Crippen LogP) is 5.11. The molecule has 1 N–H and O–H groups in total. The highest BCUT2D eigenvalue weighted by atomic mass is 16.5. The molecule has 3 atom stereocenters. The summed E-state index contributed by atoms with van der Waals surface area (Å²) in [6, 6.07) is 14.5. The fraction of sp³-hybridized carbons (Fsp3) is 0.478. The van der Waals surface area contributed by atoms with Gasteiger partial charge in [-0.25, -0.2) is 0 Å². The van der Waals surface area contributed by atoms with Gasteiger partial charge >= 0.3 is 0 Å². The van der Waals surface area contributed by atoms with Gasteiger partial charge in [-0.3, -0.25) is 0 Å². The van der Waals surface area contributed by atoms with Crippen LogP contribution >= 0.6 is 0 Å². The molecule has 0 heterocycles. The van der Waals surface area contributed by atoms with Gasteiger partial charge in [-0.1, -0.05) is 36.8 Å². The van der Waals surface area contributed by atoms with E-state index in [1.54, 1.807) is 21.3 Å². The summed E-state index contributed by atoms with van der Waals surface area (Å²) < 4.78 is 16.3. The molecule has 0 aromatic heterocycles. The van der Waals surface area contributed by atoms with Crippen LogP contribution in [0.25, 0.3) is 0 Å². The third-order valence-corrected chi connectivity index (χ3v) is 5.76. The van der Waals surface area contributed by atoms with E-state index in [4.69, 9.17) is 14.2 Å². The van der Waals surface area contributed by atoms with Gasteiger partial charge in [0.1, 0.15) is 0 Å². The van der Waals surface area contributed by atoms with E-state index >= 15 is 0 Å². The summed E-state index contributed by atoms with van der Waals surface area (Å²) in [4.78, 5) is 0. The Morgan fingerprint density at radius 3 is 2.11 bits per heavy atom. The van der Waals surface area contributed by atoms with Gasteiger partial charge in [0, 0.05) is 0 Å². The molecule has 0 bridgehead atoms. The zero-order valence-corrected chi connectivity index (χ0v) is 16.5. The number of rotatable bonds is 6. The Balaban J connectivity index is 1.77. The smallest absolute Gasteiger partial charge is 0.203 e. The molecule has 146 valence electrons. The van der Waals surface area contributed by atoms with Gasteiger partial charge in [0.25, 0.3) is 0 Å². The van der Waals surface area contributed by atoms with Crippen molar-refractivity contribution in [1.29, 1.82) is 0 Å². The lowest BCUT2D eigenvalue weighted by Crippen LogP contribution is -2.13. The van der Waals surface area contributed by atoms with E-state index < -0.39 is 6.10 Å². The van der Waals surface area contributed by atoms with E-state index in [0.717, 1.165) is 31.2 Å². The van der Waals surface area contributed by atoms with Crippen molar-refractivity contribution in [1.82, 2.24) is 0 Å². The topological polar surface area (TPSA) is 47.9 Å². The average molecular weight is 370 g/mol. The maximum Gasteiger partial charge on any atom is 0.203 e. The highest BCUT2D eigenvalue weighted by molar-refractivity contribution is 5.54. The van der Waals surface area contributed by atoms with Crippen LogP contribution in [-0.2, 0) is 0 Å². The summed E-state index contributed by atoms with van der Waals surface area (Å²) in [5.74, 6) is 2.55. The Kier molecular flexibility index (Phi) is 6.62. The second kappa shape index (κ2) is 9.14. The molecule has 0 radical (unpaired) electrons. The summed E-state index contributed by atoms with van der Waals surface area (Å²) in [5.41, 5.74) is 2.24. The second-order valence-electron chi connectivity index (χ2n) is 7.28. The van der Waals surface area contributed by atoms with Crippen LogP contribution < -0.4 is 14.2 Å². The molecule has 2 aromatic rings. The first-order valence-corrected chi connectivity index (χ1v) is 9.70. The quantitative estimate of drug-likeness (QED) is 0.718. The zero-order valence-electron chi connectivity index (χ0n) is 16.5. The zero-order chi connectivity index (χ0) is 19.2. The van der Waals surface area contributed by atoms with Crippen LogP contribution in [0.5, 0.6) is 17.2 Å². The first kappa shape index (κ1) is 19.6. The summed E-state index contributed by atoms with van der Waals surface area (Å²) in [6.07, 6.45) is 4.93. The van der Waals surface area contributed by atoms with Crippen LogP contribution in [0.15, 0.2) is 42.5 Å². The first-order chi connectivity index (χ1) is 13.2. The van der Waals surface area contributed by atoms with Crippen molar-refractivity contribution in [3.8, 4) is 17.2 Å². The highest BCUT2D eigenvalue weighted by Crippen LogP contribution is 2.44. The Labute approximate surface area is 162 Å². The molecule has 3 rings (SSSR count). The molecular formula is C23H30O4. The molecule has 3 unspecified atom stereocenters. The highest BCUT2D eigenvalue weighted by Gasteiger charge is 2.27. The number of hydrogen-bond donors (Lipinski definition) is 1. The molecule has 1 fully saturated rings. The van der Waals surface area contributed by atoms with E-state index in [0.29, 0.717) is 23.2 Å². The molecule has 1 aliphatic carbocycles. The van der Waals surface area contributed by atoms with Gasteiger partial charge in [0.2, 0.25) is 5.75 Å². The third kappa shape index (κ3) is 4.38. The van der Waals surface area contributed by atoms with E-state index in [-0.39, 0.29) is 5.92 Å². The Hall–Kier alpha value is -2.20. The molecule has 27 heavy (non-hydrogen) atoms. The summed E-state index contributed by atoms with van der Waals surface area (Å²) in [7, 11) is 4.79. The molecule has 1 aliphatic rings. The lowest BCUT2D eigenvalue weighted by molar-refractivity contribution is 0.0979. The van der Waals surface area contributed by atoms with Crippen LogP contribution in [-0.4, -0.2) is 26.4 Å². The van der Waals surface area contributed by atoms with Crippen molar-refractivity contribution in [2.75, 3.05) is 21.3 Å². The number of aliphatic hydroxyl groups excluding tert-OH is 1. The SMILES string of the molecule is COc1cc(C(O)C2CCCC(c3ccccc3)CC2)cc(OC)c1OC. The Bertz CT molecular complexity index is 703. The second-order valence-corrected chi connectivity index (χ2v) is 7.28. The number of hydrogen-bond acceptors (Lipinski definition) is 4. The van der Waals surface area contributed by atoms with Crippen molar-refractivity contribution < 1.29 is 19.3 Å². The molecule has 0 spiro atoms. The maximum absolute atomic E-state index is 11.1. The summed E-state index contributed by atoms with van der Waals surface area (Å²) in [6.45, 7) is 0. The molecule has 4 heteroatoms. The molecule has 0 saturated heterocycles. The molecular weight excluding hydrogens is 340 g/mol. The minimum Gasteiger partial charge on any atom is -0.493 e. The minimum atomic E-state index is -0.534. The van der Waals surface area contributed by atoms with Crippen molar-refractivity contribution in [3.05, 3.63) is 53.6 Å². The summed E-state index contributed by atoms with van der Waals surface area (Å²) >= 11 is 0. The van der Waals surface area contributed by atoms with Gasteiger partial charge in [-0.05, 0) is 60.8 Å². The van der Waals surface area contributed by atoms with Crippen molar-refractivity contribution in [3.63, 3.8) is 0 Å². The Morgan fingerprint density at radius 2 is 1.52 bits per heavy atom. The van der Waals surface area contributed by atoms with Gasteiger partial charge < -0.3 is 19.3 Å². The third-order valence-electron chi connectivity index (χ3n) is 5.76. The lowest BCUT2D eigenvalue weighted by Gasteiger charge is -2.23. The maximum atomic E-state index is 11.1. The minimum absolute atomic E-state index is 0.238. The predicted molar refractivity (Wildman–Crippen MR) is 107 cm³/mol. The van der Waals surface area contributed by atoms with E-state index in [9.17, 15) is 5.11 Å². The fourth-order valence-corrected chi connectivity index (χ4v) is 4.25. The first-order valence-electron chi connectivity index (χ1n) is 9.70. The van der Waals surface area contributed by atoms with Crippen LogP contribution in [0.1, 0.15) is 55.3 Å².